The fourth-order valence-electron chi connectivity index (χ4n) is 2.32. The van der Waals surface area contributed by atoms with Gasteiger partial charge < -0.3 is 10.6 Å². The van der Waals surface area contributed by atoms with Crippen molar-refractivity contribution < 1.29 is 0 Å². The number of hydrogen-bond acceptors (Lipinski definition) is 4. The molecule has 4 nitrogen and oxygen atoms in total. The summed E-state index contributed by atoms with van der Waals surface area (Å²) >= 11 is 5.70. The number of nitrogens with one attached hydrogen (secondary N) is 2. The van der Waals surface area contributed by atoms with Crippen LogP contribution in [0.3, 0.4) is 0 Å². The van der Waals surface area contributed by atoms with Gasteiger partial charge in [-0.2, -0.15) is 0 Å². The highest BCUT2D eigenvalue weighted by molar-refractivity contribution is 6.29. The van der Waals surface area contributed by atoms with E-state index in [-0.39, 0.29) is 5.54 Å². The number of fused-ring (bicyclic) bond motifs is 2. The molecule has 0 radical (unpaired) electrons. The van der Waals surface area contributed by atoms with E-state index in [1.807, 2.05) is 0 Å². The van der Waals surface area contributed by atoms with Crippen molar-refractivity contribution in [2.24, 2.45) is 0 Å². The van der Waals surface area contributed by atoms with Crippen LogP contribution >= 0.6 is 11.6 Å². The number of piperazine rings is 1. The molecule has 2 unspecified atom stereocenters. The zero-order valence-corrected chi connectivity index (χ0v) is 8.38. The molecular weight excluding hydrogens is 200 g/mol. The molecule has 3 saturated heterocycles. The van der Waals surface area contributed by atoms with E-state index in [4.69, 9.17) is 11.6 Å². The van der Waals surface area contributed by atoms with E-state index >= 15 is 0 Å². The Bertz CT molecular complexity index is 339. The Labute approximate surface area is 87.1 Å². The highest BCUT2D eigenvalue weighted by Gasteiger charge is 2.48. The van der Waals surface area contributed by atoms with E-state index < -0.39 is 0 Å². The Morgan fingerprint density at radius 1 is 1.43 bits per heavy atom. The molecular formula is C9H11ClN4. The number of piperidine rings is 1. The lowest BCUT2D eigenvalue weighted by atomic mass is 9.76. The fraction of sp³-hybridized carbons (Fsp3) is 0.556. The van der Waals surface area contributed by atoms with Crippen LogP contribution in [0.25, 0.3) is 0 Å². The van der Waals surface area contributed by atoms with E-state index in [1.54, 1.807) is 12.4 Å². The molecule has 14 heavy (non-hydrogen) atoms. The van der Waals surface area contributed by atoms with Gasteiger partial charge in [0, 0.05) is 19.1 Å². The third-order valence-electron chi connectivity index (χ3n) is 3.00. The quantitative estimate of drug-likeness (QED) is 0.700. The molecule has 2 N–H and O–H groups in total. The molecule has 0 amide bonds. The standard InChI is InChI=1S/C9H11ClN4/c10-8-4-12-7(3-13-8)9-1-6(14-9)2-11-5-9/h3-4,6,11,14H,1-2,5H2. The van der Waals surface area contributed by atoms with Crippen LogP contribution < -0.4 is 10.6 Å². The number of nitrogens with zero attached hydrogens (tertiary/aromatic N) is 2. The van der Waals surface area contributed by atoms with Crippen molar-refractivity contribution in [2.45, 2.75) is 18.0 Å². The Balaban J connectivity index is 1.91. The summed E-state index contributed by atoms with van der Waals surface area (Å²) in [6, 6.07) is 0.598. The molecule has 4 rings (SSSR count). The van der Waals surface area contributed by atoms with Gasteiger partial charge in [-0.25, -0.2) is 4.98 Å². The first-order chi connectivity index (χ1) is 6.78. The smallest absolute Gasteiger partial charge is 0.147 e. The minimum Gasteiger partial charge on any atom is -0.313 e. The van der Waals surface area contributed by atoms with Crippen molar-refractivity contribution in [1.29, 1.82) is 0 Å². The van der Waals surface area contributed by atoms with Gasteiger partial charge in [-0.05, 0) is 6.42 Å². The number of aromatic nitrogens is 2. The van der Waals surface area contributed by atoms with Crippen LogP contribution in [0, 0.1) is 0 Å². The van der Waals surface area contributed by atoms with Crippen LogP contribution in [-0.4, -0.2) is 29.1 Å². The first-order valence-corrected chi connectivity index (χ1v) is 5.13. The summed E-state index contributed by atoms with van der Waals surface area (Å²) in [4.78, 5) is 8.37. The molecule has 74 valence electrons. The van der Waals surface area contributed by atoms with E-state index in [2.05, 4.69) is 20.6 Å². The summed E-state index contributed by atoms with van der Waals surface area (Å²) in [6.07, 6.45) is 4.52. The maximum Gasteiger partial charge on any atom is 0.147 e. The Kier molecular flexibility index (Phi) is 1.77. The van der Waals surface area contributed by atoms with Gasteiger partial charge in [0.2, 0.25) is 0 Å². The minimum atomic E-state index is 0.0144. The predicted molar refractivity (Wildman–Crippen MR) is 53.1 cm³/mol. The van der Waals surface area contributed by atoms with Crippen molar-refractivity contribution in [3.05, 3.63) is 23.2 Å². The lowest BCUT2D eigenvalue weighted by Crippen LogP contribution is -2.72. The van der Waals surface area contributed by atoms with Crippen LogP contribution in [0.5, 0.6) is 0 Å². The summed E-state index contributed by atoms with van der Waals surface area (Å²) in [6.45, 7) is 1.99. The number of halogens is 1. The molecule has 2 bridgehead atoms. The van der Waals surface area contributed by atoms with E-state index in [1.165, 1.54) is 0 Å². The van der Waals surface area contributed by atoms with Gasteiger partial charge in [-0.1, -0.05) is 11.6 Å². The first-order valence-electron chi connectivity index (χ1n) is 4.75. The molecule has 1 aromatic heterocycles. The van der Waals surface area contributed by atoms with Gasteiger partial charge in [-0.15, -0.1) is 0 Å². The van der Waals surface area contributed by atoms with Crippen molar-refractivity contribution in [2.75, 3.05) is 13.1 Å². The zero-order chi connectivity index (χ0) is 9.60. The maximum absolute atomic E-state index is 5.70. The van der Waals surface area contributed by atoms with Crippen LogP contribution in [0.4, 0.5) is 0 Å². The van der Waals surface area contributed by atoms with Crippen molar-refractivity contribution in [3.63, 3.8) is 0 Å². The number of rotatable bonds is 1. The second kappa shape index (κ2) is 2.89. The predicted octanol–water partition coefficient (Wildman–Crippen LogP) is 0.290. The summed E-state index contributed by atoms with van der Waals surface area (Å²) in [5.74, 6) is 0. The van der Waals surface area contributed by atoms with Crippen molar-refractivity contribution >= 4 is 11.6 Å². The van der Waals surface area contributed by atoms with Gasteiger partial charge >= 0.3 is 0 Å². The topological polar surface area (TPSA) is 49.8 Å². The second-order valence-electron chi connectivity index (χ2n) is 3.98. The summed E-state index contributed by atoms with van der Waals surface area (Å²) < 4.78 is 0. The van der Waals surface area contributed by atoms with E-state index in [9.17, 15) is 0 Å². The third kappa shape index (κ3) is 1.15. The Morgan fingerprint density at radius 3 is 2.86 bits per heavy atom. The molecule has 0 saturated carbocycles. The number of hydrogen-bond donors (Lipinski definition) is 2. The van der Waals surface area contributed by atoms with Crippen LogP contribution in [0.2, 0.25) is 5.15 Å². The van der Waals surface area contributed by atoms with Crippen LogP contribution in [0.15, 0.2) is 12.4 Å². The van der Waals surface area contributed by atoms with Gasteiger partial charge in [-0.3, -0.25) is 4.98 Å². The average molecular weight is 211 g/mol. The van der Waals surface area contributed by atoms with Crippen LogP contribution in [0.1, 0.15) is 12.1 Å². The SMILES string of the molecule is Clc1cnc(C23CNCC(C2)N3)cn1. The molecule has 0 aliphatic carbocycles. The zero-order valence-electron chi connectivity index (χ0n) is 7.63. The normalized spacial score (nSPS) is 35.1. The Hall–Kier alpha value is -0.710. The molecule has 5 heteroatoms. The second-order valence-corrected chi connectivity index (χ2v) is 4.37. The van der Waals surface area contributed by atoms with Gasteiger partial charge in [0.1, 0.15) is 5.15 Å². The molecule has 3 fully saturated rings. The lowest BCUT2D eigenvalue weighted by Gasteiger charge is -2.53. The van der Waals surface area contributed by atoms with Crippen molar-refractivity contribution in [3.8, 4) is 0 Å². The van der Waals surface area contributed by atoms with Gasteiger partial charge in [0.05, 0.1) is 23.6 Å². The highest BCUT2D eigenvalue weighted by Crippen LogP contribution is 2.35. The third-order valence-corrected chi connectivity index (χ3v) is 3.20. The minimum absolute atomic E-state index is 0.0144. The monoisotopic (exact) mass is 210 g/mol. The largest absolute Gasteiger partial charge is 0.313 e. The molecule has 4 heterocycles. The molecule has 3 aliphatic heterocycles. The summed E-state index contributed by atoms with van der Waals surface area (Å²) in [5.41, 5.74) is 1.01. The average Bonchev–Trinajstić information content (AvgIpc) is 2.18. The maximum atomic E-state index is 5.70. The Morgan fingerprint density at radius 2 is 2.29 bits per heavy atom. The molecule has 1 aromatic rings. The molecule has 0 spiro atoms. The fourth-order valence-corrected chi connectivity index (χ4v) is 2.42. The molecule has 0 aromatic carbocycles. The van der Waals surface area contributed by atoms with Gasteiger partial charge in [0.15, 0.2) is 0 Å². The van der Waals surface area contributed by atoms with Crippen molar-refractivity contribution in [1.82, 2.24) is 20.6 Å². The van der Waals surface area contributed by atoms with E-state index in [0.29, 0.717) is 11.2 Å². The highest BCUT2D eigenvalue weighted by atomic mass is 35.5. The first kappa shape index (κ1) is 8.59. The van der Waals surface area contributed by atoms with Gasteiger partial charge in [0.25, 0.3) is 0 Å². The molecule has 3 aliphatic rings. The summed E-state index contributed by atoms with van der Waals surface area (Å²) in [5, 5.41) is 7.34. The van der Waals surface area contributed by atoms with Crippen LogP contribution in [-0.2, 0) is 5.54 Å². The molecule has 2 atom stereocenters. The van der Waals surface area contributed by atoms with E-state index in [0.717, 1.165) is 25.2 Å². The lowest BCUT2D eigenvalue weighted by molar-refractivity contribution is 0.0827. The summed E-state index contributed by atoms with van der Waals surface area (Å²) in [7, 11) is 0.